The van der Waals surface area contributed by atoms with Crippen molar-refractivity contribution in [2.75, 3.05) is 20.8 Å². The molecule has 0 heterocycles. The number of benzene rings is 2. The number of rotatable bonds is 10. The lowest BCUT2D eigenvalue weighted by molar-refractivity contribution is -0.142. The SMILES string of the molecule is COc1cc(OC)cc(OCC(=O)N(Cc2ccccc2)C(C)C(=O)NC(C)C)c1. The molecule has 2 rings (SSSR count). The summed E-state index contributed by atoms with van der Waals surface area (Å²) in [6.07, 6.45) is 0. The quantitative estimate of drug-likeness (QED) is 0.647. The minimum absolute atomic E-state index is 0.0193. The van der Waals surface area contributed by atoms with E-state index in [1.54, 1.807) is 39.3 Å². The summed E-state index contributed by atoms with van der Waals surface area (Å²) in [5.74, 6) is 1.05. The van der Waals surface area contributed by atoms with Gasteiger partial charge in [-0.05, 0) is 26.3 Å². The molecule has 2 amide bonds. The summed E-state index contributed by atoms with van der Waals surface area (Å²) >= 11 is 0. The van der Waals surface area contributed by atoms with Crippen LogP contribution in [0.1, 0.15) is 26.3 Å². The van der Waals surface area contributed by atoms with Gasteiger partial charge in [0, 0.05) is 30.8 Å². The molecule has 1 atom stereocenters. The molecule has 30 heavy (non-hydrogen) atoms. The fraction of sp³-hybridized carbons (Fsp3) is 0.391. The molecule has 0 aliphatic heterocycles. The maximum atomic E-state index is 13.0. The molecular weight excluding hydrogens is 384 g/mol. The average molecular weight is 415 g/mol. The number of ether oxygens (including phenoxy) is 3. The molecule has 0 saturated carbocycles. The van der Waals surface area contributed by atoms with Crippen molar-refractivity contribution in [3.05, 3.63) is 54.1 Å². The van der Waals surface area contributed by atoms with E-state index in [4.69, 9.17) is 14.2 Å². The lowest BCUT2D eigenvalue weighted by atomic mass is 10.1. The van der Waals surface area contributed by atoms with Gasteiger partial charge in [-0.15, -0.1) is 0 Å². The van der Waals surface area contributed by atoms with E-state index in [-0.39, 0.29) is 24.5 Å². The van der Waals surface area contributed by atoms with Gasteiger partial charge >= 0.3 is 0 Å². The number of carbonyl (C=O) groups is 2. The molecule has 2 aromatic carbocycles. The van der Waals surface area contributed by atoms with E-state index in [0.717, 1.165) is 5.56 Å². The largest absolute Gasteiger partial charge is 0.496 e. The van der Waals surface area contributed by atoms with Crippen LogP contribution in [0.4, 0.5) is 0 Å². The van der Waals surface area contributed by atoms with Crippen LogP contribution in [-0.2, 0) is 16.1 Å². The predicted molar refractivity (Wildman–Crippen MR) is 115 cm³/mol. The molecule has 7 nitrogen and oxygen atoms in total. The fourth-order valence-corrected chi connectivity index (χ4v) is 2.86. The summed E-state index contributed by atoms with van der Waals surface area (Å²) < 4.78 is 16.2. The minimum Gasteiger partial charge on any atom is -0.496 e. The maximum absolute atomic E-state index is 13.0. The lowest BCUT2D eigenvalue weighted by Crippen LogP contribution is -2.50. The van der Waals surface area contributed by atoms with Crippen LogP contribution in [0.15, 0.2) is 48.5 Å². The second-order valence-electron chi connectivity index (χ2n) is 7.18. The van der Waals surface area contributed by atoms with Gasteiger partial charge in [0.15, 0.2) is 6.61 Å². The first-order chi connectivity index (χ1) is 14.3. The summed E-state index contributed by atoms with van der Waals surface area (Å²) in [7, 11) is 3.08. The second-order valence-corrected chi connectivity index (χ2v) is 7.18. The number of carbonyl (C=O) groups excluding carboxylic acids is 2. The molecule has 0 spiro atoms. The van der Waals surface area contributed by atoms with Gasteiger partial charge in [-0.3, -0.25) is 9.59 Å². The van der Waals surface area contributed by atoms with Crippen LogP contribution >= 0.6 is 0 Å². The van der Waals surface area contributed by atoms with Crippen molar-refractivity contribution in [2.24, 2.45) is 0 Å². The van der Waals surface area contributed by atoms with Gasteiger partial charge < -0.3 is 24.4 Å². The lowest BCUT2D eigenvalue weighted by Gasteiger charge is -2.29. The Kier molecular flexibility index (Phi) is 8.53. The highest BCUT2D eigenvalue weighted by Gasteiger charge is 2.27. The Bertz CT molecular complexity index is 816. The van der Waals surface area contributed by atoms with Gasteiger partial charge in [0.1, 0.15) is 23.3 Å². The zero-order chi connectivity index (χ0) is 22.1. The highest BCUT2D eigenvalue weighted by Crippen LogP contribution is 2.27. The van der Waals surface area contributed by atoms with Crippen LogP contribution in [0.25, 0.3) is 0 Å². The normalized spacial score (nSPS) is 11.5. The zero-order valence-electron chi connectivity index (χ0n) is 18.2. The molecule has 0 bridgehead atoms. The third-order valence-corrected chi connectivity index (χ3v) is 4.48. The van der Waals surface area contributed by atoms with Crippen molar-refractivity contribution < 1.29 is 23.8 Å². The molecule has 162 valence electrons. The summed E-state index contributed by atoms with van der Waals surface area (Å²) in [6, 6.07) is 13.9. The van der Waals surface area contributed by atoms with Gasteiger partial charge in [-0.1, -0.05) is 30.3 Å². The topological polar surface area (TPSA) is 77.1 Å². The van der Waals surface area contributed by atoms with E-state index in [0.29, 0.717) is 23.8 Å². The smallest absolute Gasteiger partial charge is 0.261 e. The maximum Gasteiger partial charge on any atom is 0.261 e. The molecule has 0 aliphatic rings. The summed E-state index contributed by atoms with van der Waals surface area (Å²) in [6.45, 7) is 5.56. The summed E-state index contributed by atoms with van der Waals surface area (Å²) in [5.41, 5.74) is 0.929. The number of methoxy groups -OCH3 is 2. The molecule has 1 N–H and O–H groups in total. The third kappa shape index (κ3) is 6.69. The van der Waals surface area contributed by atoms with Crippen LogP contribution < -0.4 is 19.5 Å². The monoisotopic (exact) mass is 414 g/mol. The van der Waals surface area contributed by atoms with Crippen molar-refractivity contribution in [3.63, 3.8) is 0 Å². The highest BCUT2D eigenvalue weighted by molar-refractivity contribution is 5.88. The molecule has 7 heteroatoms. The Balaban J connectivity index is 2.16. The molecular formula is C23H30N2O5. The molecule has 0 aliphatic carbocycles. The Morgan fingerprint density at radius 3 is 2.03 bits per heavy atom. The van der Waals surface area contributed by atoms with E-state index in [1.165, 1.54) is 4.90 Å². The van der Waals surface area contributed by atoms with Crippen molar-refractivity contribution in [3.8, 4) is 17.2 Å². The van der Waals surface area contributed by atoms with Crippen LogP contribution in [0, 0.1) is 0 Å². The van der Waals surface area contributed by atoms with Gasteiger partial charge in [-0.25, -0.2) is 0 Å². The Labute approximate surface area is 177 Å². The number of nitrogens with one attached hydrogen (secondary N) is 1. The zero-order valence-corrected chi connectivity index (χ0v) is 18.2. The number of nitrogens with zero attached hydrogens (tertiary/aromatic N) is 1. The first-order valence-electron chi connectivity index (χ1n) is 9.83. The predicted octanol–water partition coefficient (Wildman–Crippen LogP) is 3.02. The Hall–Kier alpha value is -3.22. The van der Waals surface area contributed by atoms with Crippen molar-refractivity contribution in [2.45, 2.75) is 39.4 Å². The molecule has 0 radical (unpaired) electrons. The van der Waals surface area contributed by atoms with E-state index < -0.39 is 6.04 Å². The van der Waals surface area contributed by atoms with E-state index in [1.807, 2.05) is 44.2 Å². The average Bonchev–Trinajstić information content (AvgIpc) is 2.75. The van der Waals surface area contributed by atoms with Crippen molar-refractivity contribution in [1.82, 2.24) is 10.2 Å². The van der Waals surface area contributed by atoms with E-state index in [9.17, 15) is 9.59 Å². The Morgan fingerprint density at radius 1 is 0.933 bits per heavy atom. The first kappa shape index (κ1) is 23.1. The summed E-state index contributed by atoms with van der Waals surface area (Å²) in [4.78, 5) is 27.1. The second kappa shape index (κ2) is 11.1. The molecule has 0 saturated heterocycles. The first-order valence-corrected chi connectivity index (χ1v) is 9.83. The molecule has 1 unspecified atom stereocenters. The standard InChI is InChI=1S/C23H30N2O5/c1-16(2)24-23(27)17(3)25(14-18-9-7-6-8-10-18)22(26)15-30-21-12-19(28-4)11-20(13-21)29-5/h6-13,16-17H,14-15H2,1-5H3,(H,24,27). The minimum atomic E-state index is -0.649. The highest BCUT2D eigenvalue weighted by atomic mass is 16.5. The van der Waals surface area contributed by atoms with Gasteiger partial charge in [0.2, 0.25) is 5.91 Å². The van der Waals surface area contributed by atoms with E-state index >= 15 is 0 Å². The number of hydrogen-bond acceptors (Lipinski definition) is 5. The molecule has 0 fully saturated rings. The van der Waals surface area contributed by atoms with Crippen LogP contribution in [0.5, 0.6) is 17.2 Å². The van der Waals surface area contributed by atoms with Crippen LogP contribution in [-0.4, -0.2) is 49.6 Å². The van der Waals surface area contributed by atoms with E-state index in [2.05, 4.69) is 5.32 Å². The van der Waals surface area contributed by atoms with Gasteiger partial charge in [-0.2, -0.15) is 0 Å². The van der Waals surface area contributed by atoms with Crippen molar-refractivity contribution >= 4 is 11.8 Å². The van der Waals surface area contributed by atoms with Crippen LogP contribution in [0.2, 0.25) is 0 Å². The number of hydrogen-bond donors (Lipinski definition) is 1. The fourth-order valence-electron chi connectivity index (χ4n) is 2.86. The number of amides is 2. The van der Waals surface area contributed by atoms with Gasteiger partial charge in [0.25, 0.3) is 5.91 Å². The Morgan fingerprint density at radius 2 is 1.50 bits per heavy atom. The van der Waals surface area contributed by atoms with Crippen LogP contribution in [0.3, 0.4) is 0 Å². The molecule has 0 aromatic heterocycles. The van der Waals surface area contributed by atoms with Crippen molar-refractivity contribution in [1.29, 1.82) is 0 Å². The summed E-state index contributed by atoms with van der Waals surface area (Å²) in [5, 5.41) is 2.86. The third-order valence-electron chi connectivity index (χ3n) is 4.48. The molecule has 2 aromatic rings. The van der Waals surface area contributed by atoms with Gasteiger partial charge in [0.05, 0.1) is 14.2 Å².